The zero-order chi connectivity index (χ0) is 7.49. The van der Waals surface area contributed by atoms with Crippen LogP contribution in [0.1, 0.15) is 0 Å². The Morgan fingerprint density at radius 2 is 2.00 bits per heavy atom. The Morgan fingerprint density at radius 3 is 2.11 bits per heavy atom. The quantitative estimate of drug-likeness (QED) is 0.597. The van der Waals surface area contributed by atoms with Gasteiger partial charge in [0.05, 0.1) is 7.11 Å². The highest BCUT2D eigenvalue weighted by Gasteiger charge is 2.29. The fraction of sp³-hybridized carbons (Fsp3) is 0.667. The molecule has 0 bridgehead atoms. The van der Waals surface area contributed by atoms with E-state index in [9.17, 15) is 9.36 Å². The van der Waals surface area contributed by atoms with Crippen molar-refractivity contribution in [2.24, 2.45) is 0 Å². The molecule has 0 saturated carbocycles. The first-order chi connectivity index (χ1) is 4.04. The van der Waals surface area contributed by atoms with Gasteiger partial charge in [-0.2, -0.15) is 0 Å². The van der Waals surface area contributed by atoms with E-state index in [1.54, 1.807) is 0 Å². The SMILES string of the molecule is COC(=O)P(=O)(Cl)OC. The Morgan fingerprint density at radius 1 is 1.56 bits per heavy atom. The molecule has 0 aliphatic carbocycles. The number of carbonyl (C=O) groups is 1. The molecule has 0 spiro atoms. The highest BCUT2D eigenvalue weighted by atomic mass is 35.7. The van der Waals surface area contributed by atoms with Crippen LogP contribution in [0.15, 0.2) is 0 Å². The predicted octanol–water partition coefficient (Wildman–Crippen LogP) is 1.83. The lowest BCUT2D eigenvalue weighted by Gasteiger charge is -2.02. The van der Waals surface area contributed by atoms with Crippen LogP contribution in [0.25, 0.3) is 0 Å². The number of halogens is 1. The minimum Gasteiger partial charge on any atom is -0.461 e. The number of ether oxygens (including phenoxy) is 1. The van der Waals surface area contributed by atoms with Gasteiger partial charge < -0.3 is 9.26 Å². The van der Waals surface area contributed by atoms with Gasteiger partial charge in [0.25, 0.3) is 0 Å². The van der Waals surface area contributed by atoms with Gasteiger partial charge in [-0.15, -0.1) is 0 Å². The largest absolute Gasteiger partial charge is 0.461 e. The van der Waals surface area contributed by atoms with E-state index >= 15 is 0 Å². The van der Waals surface area contributed by atoms with Crippen LogP contribution in [0.4, 0.5) is 4.79 Å². The van der Waals surface area contributed by atoms with E-state index < -0.39 is 12.4 Å². The zero-order valence-electron chi connectivity index (χ0n) is 4.96. The number of methoxy groups -OCH3 is 1. The van der Waals surface area contributed by atoms with Crippen molar-refractivity contribution in [2.75, 3.05) is 14.2 Å². The molecule has 0 aliphatic rings. The van der Waals surface area contributed by atoms with Crippen LogP contribution in [0.2, 0.25) is 0 Å². The van der Waals surface area contributed by atoms with Crippen LogP contribution in [0.3, 0.4) is 0 Å². The van der Waals surface area contributed by atoms with Gasteiger partial charge in [0.2, 0.25) is 0 Å². The lowest BCUT2D eigenvalue weighted by atomic mass is 11.5. The van der Waals surface area contributed by atoms with Gasteiger partial charge in [-0.05, 0) is 11.2 Å². The van der Waals surface area contributed by atoms with Crippen molar-refractivity contribution in [3.05, 3.63) is 0 Å². The standard InChI is InChI=1S/C3H6ClO4P/c1-7-3(5)9(4,6)8-2/h1-2H3. The molecule has 0 saturated heterocycles. The summed E-state index contributed by atoms with van der Waals surface area (Å²) in [5, 5.41) is 0. The average Bonchev–Trinajstić information content (AvgIpc) is 1.86. The molecule has 0 amide bonds. The first-order valence-corrected chi connectivity index (χ1v) is 4.51. The van der Waals surface area contributed by atoms with Crippen LogP contribution in [-0.2, 0) is 13.8 Å². The molecule has 0 rings (SSSR count). The van der Waals surface area contributed by atoms with Gasteiger partial charge in [0, 0.05) is 7.11 Å². The van der Waals surface area contributed by atoms with Crippen LogP contribution < -0.4 is 0 Å². The van der Waals surface area contributed by atoms with E-state index in [-0.39, 0.29) is 0 Å². The molecule has 54 valence electrons. The van der Waals surface area contributed by atoms with Crippen LogP contribution >= 0.6 is 18.0 Å². The minimum atomic E-state index is -3.65. The Labute approximate surface area is 57.3 Å². The maximum atomic E-state index is 10.6. The number of carbonyl (C=O) groups excluding carboxylic acids is 1. The molecule has 0 heterocycles. The average molecular weight is 173 g/mol. The van der Waals surface area contributed by atoms with E-state index in [4.69, 9.17) is 11.2 Å². The summed E-state index contributed by atoms with van der Waals surface area (Å²) in [6.07, 6.45) is 0. The summed E-state index contributed by atoms with van der Waals surface area (Å²) in [6, 6.07) is 0. The first-order valence-electron chi connectivity index (χ1n) is 1.98. The molecule has 0 aliphatic heterocycles. The van der Waals surface area contributed by atoms with Gasteiger partial charge in [-0.3, -0.25) is 4.57 Å². The summed E-state index contributed by atoms with van der Waals surface area (Å²) in [6.45, 7) is -3.65. The predicted molar refractivity (Wildman–Crippen MR) is 32.9 cm³/mol. The minimum absolute atomic E-state index is 1.04. The first kappa shape index (κ1) is 8.95. The van der Waals surface area contributed by atoms with Crippen molar-refractivity contribution in [2.45, 2.75) is 0 Å². The molecular formula is C3H6ClO4P. The lowest BCUT2D eigenvalue weighted by molar-refractivity contribution is 0.193. The normalized spacial score (nSPS) is 16.3. The van der Waals surface area contributed by atoms with Crippen molar-refractivity contribution in [1.29, 1.82) is 0 Å². The molecular weight excluding hydrogens is 166 g/mol. The fourth-order valence-corrected chi connectivity index (χ4v) is 0.758. The second-order valence-corrected chi connectivity index (χ2v) is 4.16. The van der Waals surface area contributed by atoms with Gasteiger partial charge in [-0.25, -0.2) is 4.79 Å². The smallest absolute Gasteiger partial charge is 0.407 e. The van der Waals surface area contributed by atoms with E-state index in [1.165, 1.54) is 0 Å². The molecule has 4 nitrogen and oxygen atoms in total. The highest BCUT2D eigenvalue weighted by molar-refractivity contribution is 7.97. The Bertz CT molecular complexity index is 156. The summed E-state index contributed by atoms with van der Waals surface area (Å²) in [5.41, 5.74) is -1.04. The summed E-state index contributed by atoms with van der Waals surface area (Å²) in [4.78, 5) is 10.3. The molecule has 0 aromatic heterocycles. The Kier molecular flexibility index (Phi) is 3.18. The third-order valence-electron chi connectivity index (χ3n) is 0.628. The second kappa shape index (κ2) is 3.20. The number of hydrogen-bond acceptors (Lipinski definition) is 4. The van der Waals surface area contributed by atoms with E-state index in [0.29, 0.717) is 0 Å². The molecule has 0 aromatic carbocycles. The maximum Gasteiger partial charge on any atom is 0.407 e. The summed E-state index contributed by atoms with van der Waals surface area (Å²) in [5.74, 6) is 0. The van der Waals surface area contributed by atoms with Gasteiger partial charge in [0.15, 0.2) is 0 Å². The molecule has 0 aromatic rings. The van der Waals surface area contributed by atoms with Crippen molar-refractivity contribution in [3.63, 3.8) is 0 Å². The molecule has 0 radical (unpaired) electrons. The Balaban J connectivity index is 4.16. The molecule has 1 atom stereocenters. The lowest BCUT2D eigenvalue weighted by Crippen LogP contribution is -1.95. The van der Waals surface area contributed by atoms with Crippen LogP contribution in [0.5, 0.6) is 0 Å². The third-order valence-corrected chi connectivity index (χ3v) is 2.54. The van der Waals surface area contributed by atoms with Gasteiger partial charge >= 0.3 is 12.4 Å². The summed E-state index contributed by atoms with van der Waals surface area (Å²) < 4.78 is 18.8. The third kappa shape index (κ3) is 2.35. The van der Waals surface area contributed by atoms with Crippen LogP contribution in [0, 0.1) is 0 Å². The van der Waals surface area contributed by atoms with Gasteiger partial charge in [-0.1, -0.05) is 0 Å². The summed E-state index contributed by atoms with van der Waals surface area (Å²) in [7, 11) is 2.15. The highest BCUT2D eigenvalue weighted by Crippen LogP contribution is 2.52. The number of rotatable bonds is 2. The zero-order valence-corrected chi connectivity index (χ0v) is 6.61. The van der Waals surface area contributed by atoms with Crippen molar-refractivity contribution < 1.29 is 18.6 Å². The monoisotopic (exact) mass is 172 g/mol. The van der Waals surface area contributed by atoms with E-state index in [1.807, 2.05) is 0 Å². The summed E-state index contributed by atoms with van der Waals surface area (Å²) >= 11 is 5.03. The van der Waals surface area contributed by atoms with Crippen molar-refractivity contribution in [1.82, 2.24) is 0 Å². The van der Waals surface area contributed by atoms with E-state index in [2.05, 4.69) is 9.26 Å². The fourth-order valence-electron chi connectivity index (χ4n) is 0.184. The van der Waals surface area contributed by atoms with E-state index in [0.717, 1.165) is 14.2 Å². The van der Waals surface area contributed by atoms with Crippen LogP contribution in [-0.4, -0.2) is 19.9 Å². The number of hydrogen-bond donors (Lipinski definition) is 0. The Hall–Kier alpha value is -0.0500. The van der Waals surface area contributed by atoms with Crippen molar-refractivity contribution in [3.8, 4) is 0 Å². The molecule has 1 unspecified atom stereocenters. The van der Waals surface area contributed by atoms with Gasteiger partial charge in [0.1, 0.15) is 0 Å². The molecule has 0 N–H and O–H groups in total. The molecule has 0 fully saturated rings. The molecule has 9 heavy (non-hydrogen) atoms. The molecule has 6 heteroatoms. The second-order valence-electron chi connectivity index (χ2n) is 1.13. The topological polar surface area (TPSA) is 52.6 Å². The van der Waals surface area contributed by atoms with Crippen molar-refractivity contribution >= 4 is 23.7 Å². The maximum absolute atomic E-state index is 10.6.